The van der Waals surface area contributed by atoms with Gasteiger partial charge in [0.05, 0.1) is 17.7 Å². The van der Waals surface area contributed by atoms with Crippen molar-refractivity contribution < 1.29 is 22.4 Å². The molecule has 194 valence electrons. The van der Waals surface area contributed by atoms with Crippen molar-refractivity contribution in [2.45, 2.75) is 56.6 Å². The van der Waals surface area contributed by atoms with Crippen LogP contribution in [0, 0.1) is 6.92 Å². The van der Waals surface area contributed by atoms with E-state index in [2.05, 4.69) is 15.8 Å². The summed E-state index contributed by atoms with van der Waals surface area (Å²) in [6.07, 6.45) is 5.10. The molecule has 2 N–H and O–H groups in total. The van der Waals surface area contributed by atoms with Gasteiger partial charge in [-0.05, 0) is 49.6 Å². The second-order valence-corrected chi connectivity index (χ2v) is 11.0. The first-order valence-corrected chi connectivity index (χ1v) is 13.6. The van der Waals surface area contributed by atoms with E-state index in [9.17, 15) is 18.0 Å². The van der Waals surface area contributed by atoms with Gasteiger partial charge in [-0.15, -0.1) is 0 Å². The highest BCUT2D eigenvalue weighted by Gasteiger charge is 2.26. The van der Waals surface area contributed by atoms with E-state index in [4.69, 9.17) is 4.42 Å². The number of aryl methyl sites for hydroxylation is 1. The fourth-order valence-corrected chi connectivity index (χ4v) is 5.52. The van der Waals surface area contributed by atoms with Gasteiger partial charge in [-0.2, -0.15) is 9.41 Å². The van der Waals surface area contributed by atoms with Gasteiger partial charge in [0.15, 0.2) is 0 Å². The van der Waals surface area contributed by atoms with Crippen molar-refractivity contribution in [1.29, 1.82) is 0 Å². The zero-order valence-electron chi connectivity index (χ0n) is 20.6. The molecule has 2 amide bonds. The highest BCUT2D eigenvalue weighted by molar-refractivity contribution is 7.89. The van der Waals surface area contributed by atoms with Crippen molar-refractivity contribution in [3.05, 3.63) is 89.4 Å². The minimum atomic E-state index is -3.81. The van der Waals surface area contributed by atoms with Crippen LogP contribution in [0.25, 0.3) is 0 Å². The number of benzene rings is 2. The Morgan fingerprint density at radius 1 is 0.973 bits per heavy atom. The Balaban J connectivity index is 1.43. The SMILES string of the molecule is Cc1ccc(S(=O)(=O)N(Cc2ccccc2)Cc2ccc(/C=N/NC(=O)C(=O)NC3CCCC3)o2)cc1. The van der Waals surface area contributed by atoms with Gasteiger partial charge < -0.3 is 9.73 Å². The van der Waals surface area contributed by atoms with E-state index in [1.54, 1.807) is 36.4 Å². The Morgan fingerprint density at radius 3 is 2.38 bits per heavy atom. The van der Waals surface area contributed by atoms with Crippen LogP contribution in [0.5, 0.6) is 0 Å². The van der Waals surface area contributed by atoms with Crippen LogP contribution in [0.3, 0.4) is 0 Å². The molecule has 1 saturated carbocycles. The molecule has 0 unspecified atom stereocenters. The minimum absolute atomic E-state index is 0.00486. The maximum absolute atomic E-state index is 13.5. The number of nitrogens with one attached hydrogen (secondary N) is 2. The standard InChI is InChI=1S/C27H30N4O5S/c1-20-11-15-25(16-12-20)37(34,35)31(18-21-7-3-2-4-8-21)19-24-14-13-23(36-24)17-28-30-27(33)26(32)29-22-9-5-6-10-22/h2-4,7-8,11-17,22H,5-6,9-10,18-19H2,1H3,(H,29,32)(H,30,33)/b28-17+. The number of hydrazone groups is 1. The molecular weight excluding hydrogens is 492 g/mol. The molecule has 1 heterocycles. The smallest absolute Gasteiger partial charge is 0.329 e. The van der Waals surface area contributed by atoms with Crippen molar-refractivity contribution >= 4 is 28.1 Å². The average molecular weight is 523 g/mol. The number of carbonyl (C=O) groups excluding carboxylic acids is 2. The molecular formula is C27H30N4O5S. The van der Waals surface area contributed by atoms with E-state index < -0.39 is 21.8 Å². The van der Waals surface area contributed by atoms with E-state index in [-0.39, 0.29) is 24.0 Å². The van der Waals surface area contributed by atoms with Crippen molar-refractivity contribution in [3.63, 3.8) is 0 Å². The lowest BCUT2D eigenvalue weighted by Crippen LogP contribution is -2.42. The Labute approximate surface area is 216 Å². The number of hydrogen-bond acceptors (Lipinski definition) is 6. The van der Waals surface area contributed by atoms with Crippen LogP contribution >= 0.6 is 0 Å². The van der Waals surface area contributed by atoms with E-state index in [1.165, 1.54) is 10.5 Å². The fourth-order valence-electron chi connectivity index (χ4n) is 4.12. The first-order chi connectivity index (χ1) is 17.8. The minimum Gasteiger partial charge on any atom is -0.459 e. The lowest BCUT2D eigenvalue weighted by Gasteiger charge is -2.21. The maximum Gasteiger partial charge on any atom is 0.329 e. The molecule has 1 aliphatic rings. The molecule has 1 fully saturated rings. The van der Waals surface area contributed by atoms with Crippen molar-refractivity contribution in [1.82, 2.24) is 15.0 Å². The first-order valence-electron chi connectivity index (χ1n) is 12.1. The lowest BCUT2D eigenvalue weighted by atomic mass is 10.2. The van der Waals surface area contributed by atoms with Gasteiger partial charge in [0, 0.05) is 12.6 Å². The van der Waals surface area contributed by atoms with E-state index >= 15 is 0 Å². The number of carbonyl (C=O) groups is 2. The first kappa shape index (κ1) is 26.3. The zero-order valence-corrected chi connectivity index (χ0v) is 21.4. The molecule has 0 atom stereocenters. The van der Waals surface area contributed by atoms with Crippen molar-refractivity contribution in [3.8, 4) is 0 Å². The van der Waals surface area contributed by atoms with Crippen LogP contribution < -0.4 is 10.7 Å². The normalized spacial score (nSPS) is 14.3. The third kappa shape index (κ3) is 7.14. The second kappa shape index (κ2) is 12.0. The summed E-state index contributed by atoms with van der Waals surface area (Å²) in [4.78, 5) is 24.1. The summed E-state index contributed by atoms with van der Waals surface area (Å²) in [5.74, 6) is -0.868. The zero-order chi connectivity index (χ0) is 26.3. The fraction of sp³-hybridized carbons (Fsp3) is 0.296. The molecule has 0 saturated heterocycles. The molecule has 1 aliphatic carbocycles. The molecule has 0 aliphatic heterocycles. The van der Waals surface area contributed by atoms with Gasteiger partial charge >= 0.3 is 11.8 Å². The lowest BCUT2D eigenvalue weighted by molar-refractivity contribution is -0.139. The monoisotopic (exact) mass is 522 g/mol. The number of amides is 2. The van der Waals surface area contributed by atoms with Crippen LogP contribution in [0.15, 0.2) is 81.1 Å². The van der Waals surface area contributed by atoms with Gasteiger partial charge in [0.25, 0.3) is 0 Å². The van der Waals surface area contributed by atoms with Crippen molar-refractivity contribution in [2.75, 3.05) is 0 Å². The average Bonchev–Trinajstić information content (AvgIpc) is 3.56. The number of hydrogen-bond donors (Lipinski definition) is 2. The highest BCUT2D eigenvalue weighted by Crippen LogP contribution is 2.22. The summed E-state index contributed by atoms with van der Waals surface area (Å²) in [5.41, 5.74) is 3.99. The van der Waals surface area contributed by atoms with Crippen LogP contribution in [-0.2, 0) is 32.7 Å². The quantitative estimate of drug-likeness (QED) is 0.253. The summed E-state index contributed by atoms with van der Waals surface area (Å²) >= 11 is 0. The molecule has 10 heteroatoms. The van der Waals surface area contributed by atoms with Gasteiger partial charge in [0.1, 0.15) is 11.5 Å². The third-order valence-electron chi connectivity index (χ3n) is 6.13. The molecule has 4 rings (SSSR count). The third-order valence-corrected chi connectivity index (χ3v) is 7.94. The van der Waals surface area contributed by atoms with Gasteiger partial charge in [-0.25, -0.2) is 13.8 Å². The Bertz CT molecular complexity index is 1340. The van der Waals surface area contributed by atoms with Crippen LogP contribution in [0.4, 0.5) is 0 Å². The molecule has 1 aromatic heterocycles. The maximum atomic E-state index is 13.5. The van der Waals surface area contributed by atoms with Crippen LogP contribution in [-0.4, -0.2) is 36.8 Å². The molecule has 0 radical (unpaired) electrons. The topological polar surface area (TPSA) is 121 Å². The summed E-state index contributed by atoms with van der Waals surface area (Å²) in [5, 5.41) is 6.48. The number of sulfonamides is 1. The predicted octanol–water partition coefficient (Wildman–Crippen LogP) is 3.49. The number of rotatable bonds is 9. The van der Waals surface area contributed by atoms with Gasteiger partial charge in [0.2, 0.25) is 10.0 Å². The Kier molecular flexibility index (Phi) is 8.52. The number of nitrogens with zero attached hydrogens (tertiary/aromatic N) is 2. The van der Waals surface area contributed by atoms with Gasteiger partial charge in [-0.3, -0.25) is 9.59 Å². The van der Waals surface area contributed by atoms with Crippen LogP contribution in [0.2, 0.25) is 0 Å². The van der Waals surface area contributed by atoms with E-state index in [1.807, 2.05) is 37.3 Å². The Hall–Kier alpha value is -3.76. The predicted molar refractivity (Wildman–Crippen MR) is 139 cm³/mol. The van der Waals surface area contributed by atoms with Crippen LogP contribution in [0.1, 0.15) is 48.3 Å². The van der Waals surface area contributed by atoms with E-state index in [0.717, 1.165) is 36.8 Å². The molecule has 0 spiro atoms. The summed E-state index contributed by atoms with van der Waals surface area (Å²) in [6, 6.07) is 19.3. The molecule has 2 aromatic carbocycles. The van der Waals surface area contributed by atoms with Gasteiger partial charge in [-0.1, -0.05) is 60.9 Å². The summed E-state index contributed by atoms with van der Waals surface area (Å²) in [7, 11) is -3.81. The molecule has 9 nitrogen and oxygen atoms in total. The summed E-state index contributed by atoms with van der Waals surface area (Å²) in [6.45, 7) is 2.05. The molecule has 3 aromatic rings. The van der Waals surface area contributed by atoms with E-state index in [0.29, 0.717) is 11.5 Å². The second-order valence-electron chi connectivity index (χ2n) is 9.03. The molecule has 0 bridgehead atoms. The Morgan fingerprint density at radius 2 is 1.68 bits per heavy atom. The highest BCUT2D eigenvalue weighted by atomic mass is 32.2. The molecule has 37 heavy (non-hydrogen) atoms. The van der Waals surface area contributed by atoms with Crippen molar-refractivity contribution in [2.24, 2.45) is 5.10 Å². The largest absolute Gasteiger partial charge is 0.459 e. The summed E-state index contributed by atoms with van der Waals surface area (Å²) < 4.78 is 34.0. The number of furan rings is 1.